The van der Waals surface area contributed by atoms with Crippen molar-refractivity contribution in [3.05, 3.63) is 93.1 Å². The number of aryl methyl sites for hydroxylation is 2. The van der Waals surface area contributed by atoms with E-state index in [-0.39, 0.29) is 11.3 Å². The van der Waals surface area contributed by atoms with E-state index < -0.39 is 11.8 Å². The van der Waals surface area contributed by atoms with E-state index in [2.05, 4.69) is 5.32 Å². The van der Waals surface area contributed by atoms with Crippen LogP contribution in [0.2, 0.25) is 10.0 Å². The van der Waals surface area contributed by atoms with E-state index in [4.69, 9.17) is 27.9 Å². The molecule has 0 spiro atoms. The molecule has 0 saturated heterocycles. The predicted molar refractivity (Wildman–Crippen MR) is 128 cm³/mol. The maximum absolute atomic E-state index is 13.6. The quantitative estimate of drug-likeness (QED) is 0.467. The number of rotatable bonds is 5. The molecule has 4 rings (SSSR count). The molecule has 0 saturated carbocycles. The van der Waals surface area contributed by atoms with Crippen LogP contribution in [0.1, 0.15) is 16.7 Å². The molecule has 3 aromatic carbocycles. The van der Waals surface area contributed by atoms with Gasteiger partial charge in [0.15, 0.2) is 0 Å². The van der Waals surface area contributed by atoms with Crippen molar-refractivity contribution in [1.29, 1.82) is 0 Å². The molecule has 5 nitrogen and oxygen atoms in total. The van der Waals surface area contributed by atoms with Gasteiger partial charge in [-0.1, -0.05) is 59.1 Å². The molecule has 0 unspecified atom stereocenters. The van der Waals surface area contributed by atoms with Gasteiger partial charge in [0.2, 0.25) is 0 Å². The molecule has 1 aliphatic rings. The highest BCUT2D eigenvalue weighted by Crippen LogP contribution is 2.39. The molecule has 1 heterocycles. The SMILES string of the molecule is COc1ccc(Cl)cc1NC1=C(c2ccc(C)cc2C)C(=O)N(c2ccccc2Cl)C1=O. The smallest absolute Gasteiger partial charge is 0.282 e. The van der Waals surface area contributed by atoms with Gasteiger partial charge in [-0.15, -0.1) is 0 Å². The van der Waals surface area contributed by atoms with Gasteiger partial charge in [-0.05, 0) is 55.3 Å². The highest BCUT2D eigenvalue weighted by atomic mass is 35.5. The van der Waals surface area contributed by atoms with Crippen LogP contribution >= 0.6 is 23.2 Å². The molecule has 162 valence electrons. The first-order chi connectivity index (χ1) is 15.3. The molecular weight excluding hydrogens is 447 g/mol. The van der Waals surface area contributed by atoms with Crippen LogP contribution in [0.5, 0.6) is 5.75 Å². The third kappa shape index (κ3) is 3.85. The van der Waals surface area contributed by atoms with E-state index in [1.807, 2.05) is 32.0 Å². The van der Waals surface area contributed by atoms with Crippen LogP contribution in [0, 0.1) is 13.8 Å². The Balaban J connectivity index is 1.91. The summed E-state index contributed by atoms with van der Waals surface area (Å²) in [6.07, 6.45) is 0. The van der Waals surface area contributed by atoms with Crippen LogP contribution in [-0.4, -0.2) is 18.9 Å². The van der Waals surface area contributed by atoms with Crippen LogP contribution in [0.25, 0.3) is 5.57 Å². The standard InChI is InChI=1S/C25H20Cl2N2O3/c1-14-8-10-17(15(2)12-14)22-23(28-19-13-16(26)9-11-21(19)32-3)25(31)29(24(22)30)20-7-5-4-6-18(20)27/h4-13,28H,1-3H3. The first-order valence-electron chi connectivity index (χ1n) is 9.87. The van der Waals surface area contributed by atoms with Crippen molar-refractivity contribution in [1.82, 2.24) is 0 Å². The molecule has 0 radical (unpaired) electrons. The fourth-order valence-corrected chi connectivity index (χ4v) is 4.15. The van der Waals surface area contributed by atoms with E-state index in [1.165, 1.54) is 7.11 Å². The summed E-state index contributed by atoms with van der Waals surface area (Å²) in [5.74, 6) is -0.489. The van der Waals surface area contributed by atoms with Crippen molar-refractivity contribution in [2.24, 2.45) is 0 Å². The number of hydrogen-bond acceptors (Lipinski definition) is 4. The van der Waals surface area contributed by atoms with Gasteiger partial charge in [0.25, 0.3) is 11.8 Å². The minimum absolute atomic E-state index is 0.127. The third-order valence-corrected chi connectivity index (χ3v) is 5.80. The predicted octanol–water partition coefficient (Wildman–Crippen LogP) is 6.02. The minimum Gasteiger partial charge on any atom is -0.495 e. The maximum atomic E-state index is 13.6. The number of halogens is 2. The molecule has 0 aliphatic carbocycles. The van der Waals surface area contributed by atoms with Crippen LogP contribution in [-0.2, 0) is 9.59 Å². The van der Waals surface area contributed by atoms with E-state index in [1.54, 1.807) is 42.5 Å². The Labute approximate surface area is 196 Å². The number of carbonyl (C=O) groups excluding carboxylic acids is 2. The van der Waals surface area contributed by atoms with E-state index in [0.717, 1.165) is 16.0 Å². The second-order valence-electron chi connectivity index (χ2n) is 7.44. The van der Waals surface area contributed by atoms with Crippen molar-refractivity contribution in [3.63, 3.8) is 0 Å². The molecule has 7 heteroatoms. The molecule has 3 aromatic rings. The van der Waals surface area contributed by atoms with Gasteiger partial charge in [0.05, 0.1) is 29.1 Å². The average molecular weight is 467 g/mol. The number of para-hydroxylation sites is 1. The highest BCUT2D eigenvalue weighted by molar-refractivity contribution is 6.48. The topological polar surface area (TPSA) is 58.6 Å². The van der Waals surface area contributed by atoms with Gasteiger partial charge in [-0.25, -0.2) is 4.90 Å². The largest absolute Gasteiger partial charge is 0.495 e. The summed E-state index contributed by atoms with van der Waals surface area (Å²) in [6, 6.07) is 17.5. The first-order valence-corrected chi connectivity index (χ1v) is 10.6. The summed E-state index contributed by atoms with van der Waals surface area (Å²) in [5.41, 5.74) is 3.77. The summed E-state index contributed by atoms with van der Waals surface area (Å²) in [6.45, 7) is 3.88. The number of nitrogens with one attached hydrogen (secondary N) is 1. The molecular formula is C25H20Cl2N2O3. The molecule has 1 N–H and O–H groups in total. The summed E-state index contributed by atoms with van der Waals surface area (Å²) in [7, 11) is 1.52. The molecule has 1 aliphatic heterocycles. The number of imide groups is 1. The summed E-state index contributed by atoms with van der Waals surface area (Å²) < 4.78 is 5.41. The second-order valence-corrected chi connectivity index (χ2v) is 8.28. The lowest BCUT2D eigenvalue weighted by molar-refractivity contribution is -0.120. The molecule has 0 fully saturated rings. The first kappa shape index (κ1) is 21.9. The van der Waals surface area contributed by atoms with Crippen LogP contribution in [0.3, 0.4) is 0 Å². The van der Waals surface area contributed by atoms with Crippen molar-refractivity contribution >= 4 is 52.0 Å². The Bertz CT molecular complexity index is 1280. The van der Waals surface area contributed by atoms with Crippen LogP contribution in [0.4, 0.5) is 11.4 Å². The zero-order valence-electron chi connectivity index (χ0n) is 17.7. The Morgan fingerprint density at radius 3 is 2.34 bits per heavy atom. The molecule has 2 amide bonds. The number of carbonyl (C=O) groups is 2. The Morgan fingerprint density at radius 2 is 1.66 bits per heavy atom. The van der Waals surface area contributed by atoms with Crippen molar-refractivity contribution < 1.29 is 14.3 Å². The van der Waals surface area contributed by atoms with Gasteiger partial charge in [-0.2, -0.15) is 0 Å². The molecule has 0 atom stereocenters. The zero-order valence-corrected chi connectivity index (χ0v) is 19.2. The third-order valence-electron chi connectivity index (χ3n) is 5.25. The Hall–Kier alpha value is -3.28. The second kappa shape index (κ2) is 8.69. The maximum Gasteiger partial charge on any atom is 0.282 e. The van der Waals surface area contributed by atoms with E-state index >= 15 is 0 Å². The minimum atomic E-state index is -0.514. The number of hydrogen-bond donors (Lipinski definition) is 1. The lowest BCUT2D eigenvalue weighted by atomic mass is 9.97. The summed E-state index contributed by atoms with van der Waals surface area (Å²) in [5, 5.41) is 3.87. The molecule has 32 heavy (non-hydrogen) atoms. The van der Waals surface area contributed by atoms with Gasteiger partial charge < -0.3 is 10.1 Å². The number of amides is 2. The van der Waals surface area contributed by atoms with Gasteiger partial charge >= 0.3 is 0 Å². The number of anilines is 2. The normalized spacial score (nSPS) is 13.7. The van der Waals surface area contributed by atoms with Crippen LogP contribution < -0.4 is 15.0 Å². The number of benzene rings is 3. The molecule has 0 bridgehead atoms. The van der Waals surface area contributed by atoms with Gasteiger partial charge in [0, 0.05) is 5.02 Å². The number of nitrogens with zero attached hydrogens (tertiary/aromatic N) is 1. The Kier molecular flexibility index (Phi) is 5.96. The average Bonchev–Trinajstić information content (AvgIpc) is 2.99. The van der Waals surface area contributed by atoms with Crippen molar-refractivity contribution in [2.45, 2.75) is 13.8 Å². The van der Waals surface area contributed by atoms with Gasteiger partial charge in [0.1, 0.15) is 11.4 Å². The number of ether oxygens (including phenoxy) is 1. The van der Waals surface area contributed by atoms with Crippen molar-refractivity contribution in [2.75, 3.05) is 17.3 Å². The van der Waals surface area contributed by atoms with Crippen molar-refractivity contribution in [3.8, 4) is 5.75 Å². The van der Waals surface area contributed by atoms with E-state index in [9.17, 15) is 9.59 Å². The summed E-state index contributed by atoms with van der Waals surface area (Å²) >= 11 is 12.5. The van der Waals surface area contributed by atoms with E-state index in [0.29, 0.717) is 32.7 Å². The Morgan fingerprint density at radius 1 is 0.906 bits per heavy atom. The summed E-state index contributed by atoms with van der Waals surface area (Å²) in [4.78, 5) is 28.3. The highest BCUT2D eigenvalue weighted by Gasteiger charge is 2.41. The lowest BCUT2D eigenvalue weighted by Gasteiger charge is -2.17. The monoisotopic (exact) mass is 466 g/mol. The fourth-order valence-electron chi connectivity index (χ4n) is 3.75. The molecule has 0 aromatic heterocycles. The zero-order chi connectivity index (χ0) is 23.0. The number of methoxy groups -OCH3 is 1. The fraction of sp³-hybridized carbons (Fsp3) is 0.120. The van der Waals surface area contributed by atoms with Gasteiger partial charge in [-0.3, -0.25) is 9.59 Å². The lowest BCUT2D eigenvalue weighted by Crippen LogP contribution is -2.32. The van der Waals surface area contributed by atoms with Crippen LogP contribution in [0.15, 0.2) is 66.4 Å².